The quantitative estimate of drug-likeness (QED) is 0.855. The fraction of sp³-hybridized carbons (Fsp3) is 0.125. The topological polar surface area (TPSA) is 41.8 Å². The second-order valence-corrected chi connectivity index (χ2v) is 3.29. The molecule has 2 heterocycles. The van der Waals surface area contributed by atoms with Crippen LogP contribution in [0.5, 0.6) is 0 Å². The van der Waals surface area contributed by atoms with Gasteiger partial charge in [0, 0.05) is 0 Å². The molecule has 0 saturated carbocycles. The molecule has 0 fully saturated rings. The van der Waals surface area contributed by atoms with E-state index in [2.05, 4.69) is 25.9 Å². The van der Waals surface area contributed by atoms with Gasteiger partial charge in [-0.05, 0) is 28.1 Å². The lowest BCUT2D eigenvalue weighted by Crippen LogP contribution is -1.87. The molecule has 3 nitrogen and oxygen atoms in total. The molecule has 12 heavy (non-hydrogen) atoms. The van der Waals surface area contributed by atoms with Gasteiger partial charge < -0.3 is 9.40 Å². The maximum atomic E-state index is 5.17. The first-order valence-electron chi connectivity index (χ1n) is 3.56. The van der Waals surface area contributed by atoms with Gasteiger partial charge in [0.15, 0.2) is 0 Å². The average Bonchev–Trinajstić information content (AvgIpc) is 2.63. The summed E-state index contributed by atoms with van der Waals surface area (Å²) >= 11 is 3.29. The highest BCUT2D eigenvalue weighted by molar-refractivity contribution is 9.10. The second kappa shape index (κ2) is 3.15. The van der Waals surface area contributed by atoms with Gasteiger partial charge in [-0.15, -0.1) is 0 Å². The molecule has 0 aliphatic heterocycles. The van der Waals surface area contributed by atoms with Crippen molar-refractivity contribution < 1.29 is 4.42 Å². The van der Waals surface area contributed by atoms with E-state index in [1.807, 2.05) is 12.1 Å². The number of imidazole rings is 1. The summed E-state index contributed by atoms with van der Waals surface area (Å²) in [4.78, 5) is 7.19. The highest BCUT2D eigenvalue weighted by Gasteiger charge is 2.01. The van der Waals surface area contributed by atoms with Gasteiger partial charge in [0.25, 0.3) is 0 Å². The maximum Gasteiger partial charge on any atom is 0.114 e. The Morgan fingerprint density at radius 1 is 1.58 bits per heavy atom. The van der Waals surface area contributed by atoms with Crippen LogP contribution in [-0.4, -0.2) is 9.97 Å². The Morgan fingerprint density at radius 2 is 2.50 bits per heavy atom. The minimum atomic E-state index is 0.707. The van der Waals surface area contributed by atoms with Crippen LogP contribution in [0.4, 0.5) is 0 Å². The fourth-order valence-corrected chi connectivity index (χ4v) is 1.34. The molecule has 0 saturated heterocycles. The van der Waals surface area contributed by atoms with Gasteiger partial charge in [-0.3, -0.25) is 0 Å². The van der Waals surface area contributed by atoms with Crippen LogP contribution in [0, 0.1) is 0 Å². The average molecular weight is 227 g/mol. The number of furan rings is 1. The number of halogens is 1. The lowest BCUT2D eigenvalue weighted by atomic mass is 10.3. The van der Waals surface area contributed by atoms with E-state index in [-0.39, 0.29) is 0 Å². The molecule has 2 rings (SSSR count). The van der Waals surface area contributed by atoms with E-state index in [0.717, 1.165) is 16.2 Å². The predicted octanol–water partition coefficient (Wildman–Crippen LogP) is 2.36. The second-order valence-electron chi connectivity index (χ2n) is 2.43. The minimum Gasteiger partial charge on any atom is -0.469 e. The third kappa shape index (κ3) is 1.58. The van der Waals surface area contributed by atoms with Crippen LogP contribution in [0.25, 0.3) is 0 Å². The van der Waals surface area contributed by atoms with Crippen molar-refractivity contribution >= 4 is 15.9 Å². The lowest BCUT2D eigenvalue weighted by molar-refractivity contribution is 0.517. The zero-order valence-electron chi connectivity index (χ0n) is 6.25. The van der Waals surface area contributed by atoms with Gasteiger partial charge in [0.2, 0.25) is 0 Å². The number of hydrogen-bond donors (Lipinski definition) is 1. The first kappa shape index (κ1) is 7.61. The number of hydrogen-bond acceptors (Lipinski definition) is 2. The Morgan fingerprint density at radius 3 is 3.08 bits per heavy atom. The number of nitrogens with zero attached hydrogens (tertiary/aromatic N) is 1. The summed E-state index contributed by atoms with van der Waals surface area (Å²) in [6.07, 6.45) is 4.10. The third-order valence-corrected chi connectivity index (χ3v) is 1.92. The molecular formula is C8H7BrN2O. The summed E-state index contributed by atoms with van der Waals surface area (Å²) in [6.45, 7) is 0. The molecule has 0 aromatic carbocycles. The largest absolute Gasteiger partial charge is 0.469 e. The van der Waals surface area contributed by atoms with Crippen LogP contribution >= 0.6 is 15.9 Å². The smallest absolute Gasteiger partial charge is 0.114 e. The summed E-state index contributed by atoms with van der Waals surface area (Å²) in [5, 5.41) is 0. The maximum absolute atomic E-state index is 5.17. The normalized spacial score (nSPS) is 10.4. The Labute approximate surface area is 77.9 Å². The molecule has 0 bridgehead atoms. The van der Waals surface area contributed by atoms with Crippen LogP contribution in [-0.2, 0) is 6.42 Å². The van der Waals surface area contributed by atoms with Gasteiger partial charge >= 0.3 is 0 Å². The summed E-state index contributed by atoms with van der Waals surface area (Å²) in [5.74, 6) is 1.81. The van der Waals surface area contributed by atoms with Crippen LogP contribution in [0.15, 0.2) is 33.6 Å². The van der Waals surface area contributed by atoms with Crippen molar-refractivity contribution in [3.8, 4) is 0 Å². The van der Waals surface area contributed by atoms with E-state index in [4.69, 9.17) is 4.42 Å². The Kier molecular flexibility index (Phi) is 1.99. The standard InChI is InChI=1S/C8H7BrN2O/c9-7-5-10-8(11-7)4-6-2-1-3-12-6/h1-3,5H,4H2,(H,10,11). The Hall–Kier alpha value is -1.03. The summed E-state index contributed by atoms with van der Waals surface area (Å²) in [6, 6.07) is 3.80. The van der Waals surface area contributed by atoms with Gasteiger partial charge in [-0.1, -0.05) is 0 Å². The monoisotopic (exact) mass is 226 g/mol. The summed E-state index contributed by atoms with van der Waals surface area (Å²) in [7, 11) is 0. The van der Waals surface area contributed by atoms with E-state index in [1.165, 1.54) is 0 Å². The third-order valence-electron chi connectivity index (χ3n) is 1.52. The van der Waals surface area contributed by atoms with Crippen molar-refractivity contribution in [2.45, 2.75) is 6.42 Å². The number of H-pyrrole nitrogens is 1. The lowest BCUT2D eigenvalue weighted by Gasteiger charge is -1.90. The Bertz CT molecular complexity index is 353. The zero-order valence-corrected chi connectivity index (χ0v) is 7.84. The van der Waals surface area contributed by atoms with Crippen LogP contribution in [0.3, 0.4) is 0 Å². The van der Waals surface area contributed by atoms with Gasteiger partial charge in [0.1, 0.15) is 16.2 Å². The van der Waals surface area contributed by atoms with E-state index < -0.39 is 0 Å². The highest BCUT2D eigenvalue weighted by Crippen LogP contribution is 2.09. The molecule has 0 amide bonds. The molecule has 0 aliphatic carbocycles. The Balaban J connectivity index is 2.14. The van der Waals surface area contributed by atoms with E-state index in [1.54, 1.807) is 12.5 Å². The zero-order chi connectivity index (χ0) is 8.39. The van der Waals surface area contributed by atoms with Crippen molar-refractivity contribution in [2.24, 2.45) is 0 Å². The SMILES string of the molecule is Brc1cnc(Cc2ccco2)[nH]1. The predicted molar refractivity (Wildman–Crippen MR) is 47.8 cm³/mol. The highest BCUT2D eigenvalue weighted by atomic mass is 79.9. The van der Waals surface area contributed by atoms with Crippen molar-refractivity contribution in [1.29, 1.82) is 0 Å². The molecular weight excluding hydrogens is 220 g/mol. The molecule has 0 unspecified atom stereocenters. The summed E-state index contributed by atoms with van der Waals surface area (Å²) in [5.41, 5.74) is 0. The first-order valence-corrected chi connectivity index (χ1v) is 4.35. The minimum absolute atomic E-state index is 0.707. The molecule has 0 atom stereocenters. The molecule has 0 aliphatic rings. The molecule has 62 valence electrons. The van der Waals surface area contributed by atoms with Gasteiger partial charge in [-0.2, -0.15) is 0 Å². The molecule has 2 aromatic rings. The van der Waals surface area contributed by atoms with Crippen molar-refractivity contribution in [2.75, 3.05) is 0 Å². The molecule has 1 N–H and O–H groups in total. The van der Waals surface area contributed by atoms with Crippen LogP contribution in [0.2, 0.25) is 0 Å². The van der Waals surface area contributed by atoms with Crippen molar-refractivity contribution in [3.63, 3.8) is 0 Å². The first-order chi connectivity index (χ1) is 5.84. The number of rotatable bonds is 2. The molecule has 2 aromatic heterocycles. The number of nitrogens with one attached hydrogen (secondary N) is 1. The van der Waals surface area contributed by atoms with E-state index in [0.29, 0.717) is 6.42 Å². The van der Waals surface area contributed by atoms with E-state index >= 15 is 0 Å². The van der Waals surface area contributed by atoms with Crippen LogP contribution in [0.1, 0.15) is 11.6 Å². The van der Waals surface area contributed by atoms with Gasteiger partial charge in [0.05, 0.1) is 18.9 Å². The van der Waals surface area contributed by atoms with Crippen molar-refractivity contribution in [1.82, 2.24) is 9.97 Å². The molecule has 0 spiro atoms. The molecule has 4 heteroatoms. The summed E-state index contributed by atoms with van der Waals surface area (Å²) < 4.78 is 6.06. The van der Waals surface area contributed by atoms with E-state index in [9.17, 15) is 0 Å². The fourth-order valence-electron chi connectivity index (χ4n) is 1.01. The number of aromatic nitrogens is 2. The number of aromatic amines is 1. The van der Waals surface area contributed by atoms with Crippen molar-refractivity contribution in [3.05, 3.63) is 40.8 Å². The van der Waals surface area contributed by atoms with Crippen LogP contribution < -0.4 is 0 Å². The molecule has 0 radical (unpaired) electrons. The van der Waals surface area contributed by atoms with Gasteiger partial charge in [-0.25, -0.2) is 4.98 Å².